The molecule has 8 heteroatoms. The number of aromatic nitrogens is 2. The SMILES string of the molecule is CCN(CC(=O)N(C)C)CC1CCc2c(-c3noc(-c4ccc(OC(C)C)c(C#N)c4)n3)cccc21. The molecule has 3 aromatic rings. The van der Waals surface area contributed by atoms with Crippen molar-refractivity contribution in [2.45, 2.75) is 45.6 Å². The first-order valence-corrected chi connectivity index (χ1v) is 12.4. The van der Waals surface area contributed by atoms with Gasteiger partial charge in [0.15, 0.2) is 0 Å². The first-order valence-electron chi connectivity index (χ1n) is 12.4. The number of hydrogen-bond donors (Lipinski definition) is 0. The number of rotatable bonds is 9. The highest BCUT2D eigenvalue weighted by molar-refractivity contribution is 5.77. The minimum atomic E-state index is -0.0279. The normalized spacial score (nSPS) is 14.7. The molecule has 1 amide bonds. The van der Waals surface area contributed by atoms with Crippen LogP contribution in [0.3, 0.4) is 0 Å². The van der Waals surface area contributed by atoms with Crippen molar-refractivity contribution in [3.8, 4) is 34.7 Å². The molecule has 1 aromatic heterocycles. The van der Waals surface area contributed by atoms with Gasteiger partial charge < -0.3 is 14.2 Å². The third-order valence-corrected chi connectivity index (χ3v) is 6.55. The summed E-state index contributed by atoms with van der Waals surface area (Å²) in [5.74, 6) is 1.92. The quantitative estimate of drug-likeness (QED) is 0.438. The minimum absolute atomic E-state index is 0.0279. The van der Waals surface area contributed by atoms with Gasteiger partial charge in [0.1, 0.15) is 11.8 Å². The summed E-state index contributed by atoms with van der Waals surface area (Å²) < 4.78 is 11.3. The highest BCUT2D eigenvalue weighted by Crippen LogP contribution is 2.39. The first kappa shape index (κ1) is 25.4. The molecule has 0 saturated heterocycles. The zero-order chi connectivity index (χ0) is 25.8. The molecule has 36 heavy (non-hydrogen) atoms. The number of ether oxygens (including phenoxy) is 1. The average Bonchev–Trinajstić information content (AvgIpc) is 3.51. The largest absolute Gasteiger partial charge is 0.490 e. The number of nitriles is 1. The Kier molecular flexibility index (Phi) is 7.70. The van der Waals surface area contributed by atoms with Gasteiger partial charge in [-0.3, -0.25) is 9.69 Å². The van der Waals surface area contributed by atoms with E-state index in [9.17, 15) is 10.1 Å². The summed E-state index contributed by atoms with van der Waals surface area (Å²) in [7, 11) is 3.59. The van der Waals surface area contributed by atoms with E-state index in [4.69, 9.17) is 9.26 Å². The Morgan fingerprint density at radius 3 is 2.78 bits per heavy atom. The van der Waals surface area contributed by atoms with E-state index in [1.807, 2.05) is 32.0 Å². The summed E-state index contributed by atoms with van der Waals surface area (Å²) in [5, 5.41) is 13.8. The minimum Gasteiger partial charge on any atom is -0.490 e. The molecule has 0 spiro atoms. The fraction of sp³-hybridized carbons (Fsp3) is 0.429. The molecule has 1 aliphatic rings. The van der Waals surface area contributed by atoms with Crippen molar-refractivity contribution in [1.29, 1.82) is 5.26 Å². The molecule has 8 nitrogen and oxygen atoms in total. The van der Waals surface area contributed by atoms with Crippen molar-refractivity contribution >= 4 is 5.91 Å². The van der Waals surface area contributed by atoms with Crippen molar-refractivity contribution in [1.82, 2.24) is 19.9 Å². The predicted molar refractivity (Wildman–Crippen MR) is 138 cm³/mol. The standard InChI is InChI=1S/C28H33N5O3/c1-6-33(17-26(34)32(4)5)16-20-10-12-23-22(20)8-7-9-24(23)27-30-28(36-31-27)19-11-13-25(35-18(2)3)21(14-19)15-29/h7-9,11,13-14,18,20H,6,10,12,16-17H2,1-5H3. The van der Waals surface area contributed by atoms with E-state index in [1.54, 1.807) is 31.1 Å². The van der Waals surface area contributed by atoms with Gasteiger partial charge in [0, 0.05) is 31.8 Å². The van der Waals surface area contributed by atoms with Crippen molar-refractivity contribution < 1.29 is 14.1 Å². The van der Waals surface area contributed by atoms with Gasteiger partial charge in [-0.2, -0.15) is 10.2 Å². The Balaban J connectivity index is 1.56. The Labute approximate surface area is 212 Å². The number of nitrogens with zero attached hydrogens (tertiary/aromatic N) is 5. The average molecular weight is 488 g/mol. The Morgan fingerprint density at radius 2 is 2.08 bits per heavy atom. The van der Waals surface area contributed by atoms with Crippen LogP contribution in [0.4, 0.5) is 0 Å². The van der Waals surface area contributed by atoms with Crippen LogP contribution in [0.5, 0.6) is 5.75 Å². The molecular weight excluding hydrogens is 454 g/mol. The van der Waals surface area contributed by atoms with Gasteiger partial charge in [-0.15, -0.1) is 0 Å². The van der Waals surface area contributed by atoms with Crippen LogP contribution in [0.2, 0.25) is 0 Å². The van der Waals surface area contributed by atoms with E-state index in [0.29, 0.717) is 41.1 Å². The highest BCUT2D eigenvalue weighted by atomic mass is 16.5. The molecule has 1 unspecified atom stereocenters. The van der Waals surface area contributed by atoms with Crippen LogP contribution in [0.25, 0.3) is 22.8 Å². The van der Waals surface area contributed by atoms with Gasteiger partial charge in [-0.1, -0.05) is 30.3 Å². The third kappa shape index (κ3) is 5.42. The van der Waals surface area contributed by atoms with Gasteiger partial charge >= 0.3 is 0 Å². The number of amides is 1. The molecule has 0 N–H and O–H groups in total. The van der Waals surface area contributed by atoms with E-state index in [-0.39, 0.29) is 12.0 Å². The monoisotopic (exact) mass is 487 g/mol. The van der Waals surface area contributed by atoms with E-state index >= 15 is 0 Å². The van der Waals surface area contributed by atoms with Crippen molar-refractivity contribution in [3.63, 3.8) is 0 Å². The van der Waals surface area contributed by atoms with Crippen molar-refractivity contribution in [3.05, 3.63) is 53.1 Å². The highest BCUT2D eigenvalue weighted by Gasteiger charge is 2.28. The van der Waals surface area contributed by atoms with Crippen LogP contribution in [0.15, 0.2) is 40.9 Å². The van der Waals surface area contributed by atoms with Gasteiger partial charge in [-0.25, -0.2) is 0 Å². The van der Waals surface area contributed by atoms with Crippen LogP contribution in [-0.2, 0) is 11.2 Å². The van der Waals surface area contributed by atoms with Gasteiger partial charge in [0.2, 0.25) is 11.7 Å². The second-order valence-electron chi connectivity index (χ2n) is 9.64. The first-order chi connectivity index (χ1) is 17.3. The molecule has 1 heterocycles. The molecule has 0 aliphatic heterocycles. The van der Waals surface area contributed by atoms with Gasteiger partial charge in [-0.05, 0) is 68.5 Å². The molecule has 0 fully saturated rings. The van der Waals surface area contributed by atoms with E-state index in [1.165, 1.54) is 11.1 Å². The third-order valence-electron chi connectivity index (χ3n) is 6.55. The number of likely N-dealkylation sites (N-methyl/N-ethyl adjacent to an activating group) is 2. The maximum absolute atomic E-state index is 12.2. The van der Waals surface area contributed by atoms with Crippen LogP contribution in [0, 0.1) is 11.3 Å². The lowest BCUT2D eigenvalue weighted by atomic mass is 9.97. The second kappa shape index (κ2) is 10.9. The molecule has 2 aromatic carbocycles. The molecule has 1 aliphatic carbocycles. The van der Waals surface area contributed by atoms with Crippen LogP contribution < -0.4 is 4.74 Å². The number of fused-ring (bicyclic) bond motifs is 1. The number of benzene rings is 2. The molecular formula is C28H33N5O3. The fourth-order valence-electron chi connectivity index (χ4n) is 4.65. The lowest BCUT2D eigenvalue weighted by Crippen LogP contribution is -2.38. The summed E-state index contributed by atoms with van der Waals surface area (Å²) in [6.07, 6.45) is 1.92. The van der Waals surface area contributed by atoms with Crippen LogP contribution in [-0.4, -0.2) is 65.7 Å². The molecule has 1 atom stereocenters. The smallest absolute Gasteiger partial charge is 0.258 e. The zero-order valence-electron chi connectivity index (χ0n) is 21.6. The predicted octanol–water partition coefficient (Wildman–Crippen LogP) is 4.50. The van der Waals surface area contributed by atoms with E-state index < -0.39 is 0 Å². The topological polar surface area (TPSA) is 95.5 Å². The fourth-order valence-corrected chi connectivity index (χ4v) is 4.65. The summed E-state index contributed by atoms with van der Waals surface area (Å²) >= 11 is 0. The van der Waals surface area contributed by atoms with Crippen molar-refractivity contribution in [2.24, 2.45) is 0 Å². The van der Waals surface area contributed by atoms with Crippen molar-refractivity contribution in [2.75, 3.05) is 33.7 Å². The van der Waals surface area contributed by atoms with E-state index in [2.05, 4.69) is 34.1 Å². The number of hydrogen-bond acceptors (Lipinski definition) is 7. The Hall–Kier alpha value is -3.70. The Bertz CT molecular complexity index is 1270. The van der Waals surface area contributed by atoms with Crippen LogP contribution >= 0.6 is 0 Å². The molecule has 188 valence electrons. The zero-order valence-corrected chi connectivity index (χ0v) is 21.6. The molecule has 0 bridgehead atoms. The summed E-state index contributed by atoms with van der Waals surface area (Å²) in [6.45, 7) is 8.03. The number of carbonyl (C=O) groups is 1. The summed E-state index contributed by atoms with van der Waals surface area (Å²) in [4.78, 5) is 20.7. The lowest BCUT2D eigenvalue weighted by molar-refractivity contribution is -0.129. The van der Waals surface area contributed by atoms with E-state index in [0.717, 1.165) is 31.5 Å². The maximum Gasteiger partial charge on any atom is 0.258 e. The molecule has 0 radical (unpaired) electrons. The molecule has 0 saturated carbocycles. The summed E-state index contributed by atoms with van der Waals surface area (Å²) in [6, 6.07) is 13.7. The molecule has 4 rings (SSSR count). The maximum atomic E-state index is 12.2. The Morgan fingerprint density at radius 1 is 1.28 bits per heavy atom. The van der Waals surface area contributed by atoms with Gasteiger partial charge in [0.25, 0.3) is 5.89 Å². The van der Waals surface area contributed by atoms with Crippen LogP contribution in [0.1, 0.15) is 49.8 Å². The van der Waals surface area contributed by atoms with Gasteiger partial charge in [0.05, 0.1) is 18.2 Å². The number of carbonyl (C=O) groups excluding carboxylic acids is 1. The second-order valence-corrected chi connectivity index (χ2v) is 9.64. The summed E-state index contributed by atoms with van der Waals surface area (Å²) in [5.41, 5.74) is 4.60. The lowest BCUT2D eigenvalue weighted by Gasteiger charge is -2.25.